The molecule has 0 aliphatic carbocycles. The molecule has 0 saturated carbocycles. The van der Waals surface area contributed by atoms with E-state index in [1.165, 1.54) is 0 Å². The second kappa shape index (κ2) is 5.28. The number of rotatable bonds is 3. The monoisotopic (exact) mass is 332 g/mol. The lowest BCUT2D eigenvalue weighted by Crippen LogP contribution is -2.34. The molecule has 18 heavy (non-hydrogen) atoms. The number of benzene rings is 1. The zero-order valence-corrected chi connectivity index (χ0v) is 12.6. The van der Waals surface area contributed by atoms with Crippen LogP contribution in [0.1, 0.15) is 13.3 Å². The van der Waals surface area contributed by atoms with Crippen LogP contribution in [0.5, 0.6) is 0 Å². The first-order valence-electron chi connectivity index (χ1n) is 5.92. The Morgan fingerprint density at radius 3 is 2.78 bits per heavy atom. The van der Waals surface area contributed by atoms with Crippen LogP contribution in [0.3, 0.4) is 0 Å². The fourth-order valence-electron chi connectivity index (χ4n) is 2.38. The molecule has 6 heteroatoms. The Hall–Kier alpha value is -0.430. The van der Waals surface area contributed by atoms with Crippen molar-refractivity contribution >= 4 is 26.0 Å². The standard InChI is InChI=1S/C12H17BrN2O2S/c1-9-5-10(7-14)8-15(9)18(16,17)12-4-2-3-11(13)6-12/h2-4,6,9-10H,5,7-8,14H2,1H3. The van der Waals surface area contributed by atoms with Crippen molar-refractivity contribution in [3.8, 4) is 0 Å². The molecule has 0 radical (unpaired) electrons. The van der Waals surface area contributed by atoms with E-state index in [0.717, 1.165) is 10.9 Å². The third-order valence-corrected chi connectivity index (χ3v) is 5.81. The maximum Gasteiger partial charge on any atom is 0.243 e. The summed E-state index contributed by atoms with van der Waals surface area (Å²) in [5, 5.41) is 0. The van der Waals surface area contributed by atoms with Gasteiger partial charge in [-0.15, -0.1) is 0 Å². The first kappa shape index (κ1) is 14.0. The van der Waals surface area contributed by atoms with Crippen LogP contribution < -0.4 is 5.73 Å². The molecule has 1 aromatic carbocycles. The molecule has 2 N–H and O–H groups in total. The largest absolute Gasteiger partial charge is 0.330 e. The lowest BCUT2D eigenvalue weighted by atomic mass is 10.1. The Balaban J connectivity index is 2.32. The quantitative estimate of drug-likeness (QED) is 0.918. The van der Waals surface area contributed by atoms with Crippen LogP contribution in [-0.2, 0) is 10.0 Å². The van der Waals surface area contributed by atoms with Gasteiger partial charge in [0.1, 0.15) is 0 Å². The fraction of sp³-hybridized carbons (Fsp3) is 0.500. The van der Waals surface area contributed by atoms with Crippen LogP contribution in [0, 0.1) is 5.92 Å². The van der Waals surface area contributed by atoms with Crippen LogP contribution in [0.15, 0.2) is 33.6 Å². The van der Waals surface area contributed by atoms with Crippen molar-refractivity contribution in [3.63, 3.8) is 0 Å². The third kappa shape index (κ3) is 2.61. The number of nitrogens with zero attached hydrogens (tertiary/aromatic N) is 1. The number of sulfonamides is 1. The van der Waals surface area contributed by atoms with E-state index in [1.54, 1.807) is 22.5 Å². The van der Waals surface area contributed by atoms with E-state index < -0.39 is 10.0 Å². The minimum Gasteiger partial charge on any atom is -0.330 e. The third-order valence-electron chi connectivity index (χ3n) is 3.34. The molecule has 1 heterocycles. The molecule has 2 unspecified atom stereocenters. The molecule has 1 saturated heterocycles. The highest BCUT2D eigenvalue weighted by molar-refractivity contribution is 9.10. The van der Waals surface area contributed by atoms with E-state index in [-0.39, 0.29) is 12.0 Å². The van der Waals surface area contributed by atoms with Crippen molar-refractivity contribution in [3.05, 3.63) is 28.7 Å². The van der Waals surface area contributed by atoms with Gasteiger partial charge in [-0.25, -0.2) is 8.42 Å². The van der Waals surface area contributed by atoms with Crippen molar-refractivity contribution in [1.82, 2.24) is 4.31 Å². The SMILES string of the molecule is CC1CC(CN)CN1S(=O)(=O)c1cccc(Br)c1. The van der Waals surface area contributed by atoms with Gasteiger partial charge in [0.25, 0.3) is 0 Å². The molecule has 2 rings (SSSR count). The van der Waals surface area contributed by atoms with Gasteiger partial charge < -0.3 is 5.73 Å². The van der Waals surface area contributed by atoms with Gasteiger partial charge in [0.15, 0.2) is 0 Å². The summed E-state index contributed by atoms with van der Waals surface area (Å²) in [6, 6.07) is 6.83. The van der Waals surface area contributed by atoms with Crippen molar-refractivity contribution in [2.45, 2.75) is 24.3 Å². The van der Waals surface area contributed by atoms with Crippen molar-refractivity contribution < 1.29 is 8.42 Å². The second-order valence-corrected chi connectivity index (χ2v) is 7.52. The molecule has 1 aromatic rings. The Labute approximate surface area is 116 Å². The van der Waals surface area contributed by atoms with Gasteiger partial charge in [0.2, 0.25) is 10.0 Å². The van der Waals surface area contributed by atoms with E-state index in [4.69, 9.17) is 5.73 Å². The van der Waals surface area contributed by atoms with Crippen LogP contribution in [0.4, 0.5) is 0 Å². The average molecular weight is 333 g/mol. The number of halogens is 1. The predicted molar refractivity (Wildman–Crippen MR) is 74.7 cm³/mol. The van der Waals surface area contributed by atoms with Crippen molar-refractivity contribution in [2.24, 2.45) is 11.7 Å². The summed E-state index contributed by atoms with van der Waals surface area (Å²) < 4.78 is 27.4. The minimum atomic E-state index is -3.41. The van der Waals surface area contributed by atoms with Crippen molar-refractivity contribution in [1.29, 1.82) is 0 Å². The summed E-state index contributed by atoms with van der Waals surface area (Å²) in [4.78, 5) is 0.335. The van der Waals surface area contributed by atoms with Gasteiger partial charge in [-0.1, -0.05) is 22.0 Å². The topological polar surface area (TPSA) is 63.4 Å². The highest BCUT2D eigenvalue weighted by Crippen LogP contribution is 2.29. The molecule has 1 fully saturated rings. The maximum atomic E-state index is 12.5. The summed E-state index contributed by atoms with van der Waals surface area (Å²) in [5.74, 6) is 0.266. The van der Waals surface area contributed by atoms with Gasteiger partial charge in [-0.05, 0) is 44.0 Å². The summed E-state index contributed by atoms with van der Waals surface area (Å²) >= 11 is 3.30. The first-order valence-corrected chi connectivity index (χ1v) is 8.16. The summed E-state index contributed by atoms with van der Waals surface area (Å²) in [6.45, 7) is 2.99. The summed E-state index contributed by atoms with van der Waals surface area (Å²) in [7, 11) is -3.41. The molecule has 1 aliphatic rings. The first-order chi connectivity index (χ1) is 8.45. The molecule has 1 aliphatic heterocycles. The molecule has 0 amide bonds. The molecule has 0 spiro atoms. The highest BCUT2D eigenvalue weighted by atomic mass is 79.9. The van der Waals surface area contributed by atoms with E-state index in [9.17, 15) is 8.42 Å². The molecule has 100 valence electrons. The summed E-state index contributed by atoms with van der Waals surface area (Å²) in [5.41, 5.74) is 5.64. The normalized spacial score (nSPS) is 25.5. The molecule has 4 nitrogen and oxygen atoms in total. The van der Waals surface area contributed by atoms with Crippen LogP contribution >= 0.6 is 15.9 Å². The number of hydrogen-bond donors (Lipinski definition) is 1. The molecule has 0 aromatic heterocycles. The molecular formula is C12H17BrN2O2S. The van der Waals surface area contributed by atoms with E-state index in [1.807, 2.05) is 13.0 Å². The predicted octanol–water partition coefficient (Wildman–Crippen LogP) is 1.81. The maximum absolute atomic E-state index is 12.5. The number of nitrogens with two attached hydrogens (primary N) is 1. The molecule has 2 atom stereocenters. The van der Waals surface area contributed by atoms with E-state index in [0.29, 0.717) is 18.0 Å². The lowest BCUT2D eigenvalue weighted by Gasteiger charge is -2.21. The molecule has 0 bridgehead atoms. The fourth-order valence-corrected chi connectivity index (χ4v) is 4.69. The average Bonchev–Trinajstić information content (AvgIpc) is 2.71. The van der Waals surface area contributed by atoms with Gasteiger partial charge in [-0.3, -0.25) is 0 Å². The summed E-state index contributed by atoms with van der Waals surface area (Å²) in [6.07, 6.45) is 0.837. The van der Waals surface area contributed by atoms with Gasteiger partial charge in [0, 0.05) is 17.1 Å². The van der Waals surface area contributed by atoms with Crippen LogP contribution in [0.25, 0.3) is 0 Å². The Morgan fingerprint density at radius 1 is 1.50 bits per heavy atom. The Bertz CT molecular complexity index is 533. The van der Waals surface area contributed by atoms with Crippen LogP contribution in [-0.4, -0.2) is 31.9 Å². The second-order valence-electron chi connectivity index (χ2n) is 4.72. The van der Waals surface area contributed by atoms with Gasteiger partial charge in [-0.2, -0.15) is 4.31 Å². The van der Waals surface area contributed by atoms with Gasteiger partial charge >= 0.3 is 0 Å². The number of hydrogen-bond acceptors (Lipinski definition) is 3. The lowest BCUT2D eigenvalue weighted by molar-refractivity contribution is 0.404. The molecular weight excluding hydrogens is 316 g/mol. The zero-order valence-electron chi connectivity index (χ0n) is 10.2. The van der Waals surface area contributed by atoms with E-state index in [2.05, 4.69) is 15.9 Å². The highest BCUT2D eigenvalue weighted by Gasteiger charge is 2.37. The van der Waals surface area contributed by atoms with Gasteiger partial charge in [0.05, 0.1) is 4.90 Å². The minimum absolute atomic E-state index is 0.0162. The zero-order chi connectivity index (χ0) is 13.3. The van der Waals surface area contributed by atoms with Crippen LogP contribution in [0.2, 0.25) is 0 Å². The van der Waals surface area contributed by atoms with Crippen molar-refractivity contribution in [2.75, 3.05) is 13.1 Å². The van der Waals surface area contributed by atoms with E-state index >= 15 is 0 Å². The smallest absolute Gasteiger partial charge is 0.243 e. The Kier molecular flexibility index (Phi) is 4.11. The Morgan fingerprint density at radius 2 is 2.22 bits per heavy atom.